The first kappa shape index (κ1) is 16.4. The molecule has 1 aliphatic rings. The lowest BCUT2D eigenvalue weighted by atomic mass is 10.2. The summed E-state index contributed by atoms with van der Waals surface area (Å²) in [5.74, 6) is 0.891. The van der Waals surface area contributed by atoms with Crippen LogP contribution in [0.3, 0.4) is 0 Å². The molecule has 2 amide bonds. The van der Waals surface area contributed by atoms with Gasteiger partial charge in [-0.15, -0.1) is 11.3 Å². The molecule has 4 rings (SSSR count). The summed E-state index contributed by atoms with van der Waals surface area (Å²) in [4.78, 5) is 33.1. The van der Waals surface area contributed by atoms with Crippen molar-refractivity contribution in [1.29, 1.82) is 0 Å². The number of piperazine rings is 1. The van der Waals surface area contributed by atoms with Crippen LogP contribution >= 0.6 is 11.3 Å². The second kappa shape index (κ2) is 7.44. The SMILES string of the molecule is O=C(Nc1nc(-c2ccncc2)cs1)N1CCN(c2ccncn2)CC1. The minimum atomic E-state index is -0.122. The molecule has 1 fully saturated rings. The van der Waals surface area contributed by atoms with Crippen molar-refractivity contribution < 1.29 is 4.79 Å². The average molecular weight is 367 g/mol. The first-order valence-corrected chi connectivity index (χ1v) is 9.10. The lowest BCUT2D eigenvalue weighted by Gasteiger charge is -2.35. The predicted molar refractivity (Wildman–Crippen MR) is 100 cm³/mol. The maximum Gasteiger partial charge on any atom is 0.323 e. The lowest BCUT2D eigenvalue weighted by molar-refractivity contribution is 0.208. The van der Waals surface area contributed by atoms with Crippen LogP contribution in [0.2, 0.25) is 0 Å². The standard InChI is InChI=1S/C17H17N7OS/c25-17(22-16-21-14(11-26-16)13-1-4-18-5-2-13)24-9-7-23(8-10-24)15-3-6-19-12-20-15/h1-6,11-12H,7-10H2,(H,21,22,25). The number of pyridine rings is 1. The van der Waals surface area contributed by atoms with Crippen LogP contribution in [0.1, 0.15) is 0 Å². The van der Waals surface area contributed by atoms with Gasteiger partial charge in [-0.1, -0.05) is 0 Å². The topological polar surface area (TPSA) is 87.1 Å². The number of carbonyl (C=O) groups is 1. The van der Waals surface area contributed by atoms with E-state index in [-0.39, 0.29) is 6.03 Å². The molecule has 0 saturated carbocycles. The Kier molecular flexibility index (Phi) is 4.69. The molecule has 0 aliphatic carbocycles. The zero-order valence-corrected chi connectivity index (χ0v) is 14.8. The maximum absolute atomic E-state index is 12.5. The van der Waals surface area contributed by atoms with Gasteiger partial charge in [0.05, 0.1) is 5.69 Å². The van der Waals surface area contributed by atoms with E-state index in [1.54, 1.807) is 23.5 Å². The van der Waals surface area contributed by atoms with E-state index in [1.165, 1.54) is 17.7 Å². The summed E-state index contributed by atoms with van der Waals surface area (Å²) in [5.41, 5.74) is 1.82. The monoisotopic (exact) mass is 367 g/mol. The summed E-state index contributed by atoms with van der Waals surface area (Å²) in [6.07, 6.45) is 6.72. The highest BCUT2D eigenvalue weighted by Crippen LogP contribution is 2.24. The molecule has 0 radical (unpaired) electrons. The Labute approximate surface area is 154 Å². The number of hydrogen-bond donors (Lipinski definition) is 1. The van der Waals surface area contributed by atoms with Crippen molar-refractivity contribution in [1.82, 2.24) is 24.8 Å². The number of nitrogens with one attached hydrogen (secondary N) is 1. The molecule has 0 aromatic carbocycles. The van der Waals surface area contributed by atoms with Crippen molar-refractivity contribution in [3.63, 3.8) is 0 Å². The summed E-state index contributed by atoms with van der Waals surface area (Å²) in [6.45, 7) is 2.76. The first-order chi connectivity index (χ1) is 12.8. The van der Waals surface area contributed by atoms with Crippen molar-refractivity contribution in [2.45, 2.75) is 0 Å². The summed E-state index contributed by atoms with van der Waals surface area (Å²) in [7, 11) is 0. The number of urea groups is 1. The predicted octanol–water partition coefficient (Wildman–Crippen LogP) is 2.35. The Morgan fingerprint density at radius 3 is 2.54 bits per heavy atom. The van der Waals surface area contributed by atoms with Crippen molar-refractivity contribution >= 4 is 28.3 Å². The largest absolute Gasteiger partial charge is 0.353 e. The highest BCUT2D eigenvalue weighted by atomic mass is 32.1. The van der Waals surface area contributed by atoms with Crippen LogP contribution in [0.5, 0.6) is 0 Å². The second-order valence-corrected chi connectivity index (χ2v) is 6.60. The number of carbonyl (C=O) groups excluding carboxylic acids is 1. The number of aromatic nitrogens is 4. The highest BCUT2D eigenvalue weighted by molar-refractivity contribution is 7.14. The summed E-state index contributed by atoms with van der Waals surface area (Å²) < 4.78 is 0. The van der Waals surface area contributed by atoms with Crippen molar-refractivity contribution in [3.8, 4) is 11.3 Å². The van der Waals surface area contributed by atoms with Gasteiger partial charge in [0, 0.05) is 55.7 Å². The highest BCUT2D eigenvalue weighted by Gasteiger charge is 2.22. The molecule has 4 heterocycles. The molecular formula is C17H17N7OS. The number of hydrogen-bond acceptors (Lipinski definition) is 7. The van der Waals surface area contributed by atoms with Gasteiger partial charge in [0.2, 0.25) is 0 Å². The van der Waals surface area contributed by atoms with E-state index in [0.717, 1.165) is 30.2 Å². The molecule has 0 spiro atoms. The fourth-order valence-corrected chi connectivity index (χ4v) is 3.48. The smallest absolute Gasteiger partial charge is 0.323 e. The van der Waals surface area contributed by atoms with Gasteiger partial charge in [0.1, 0.15) is 12.1 Å². The van der Waals surface area contributed by atoms with Gasteiger partial charge >= 0.3 is 6.03 Å². The van der Waals surface area contributed by atoms with Crippen molar-refractivity contribution in [3.05, 3.63) is 48.5 Å². The summed E-state index contributed by atoms with van der Waals surface area (Å²) in [5, 5.41) is 5.42. The number of nitrogens with zero attached hydrogens (tertiary/aromatic N) is 6. The van der Waals surface area contributed by atoms with Gasteiger partial charge in [0.15, 0.2) is 5.13 Å². The molecule has 1 N–H and O–H groups in total. The average Bonchev–Trinajstić information content (AvgIpc) is 3.18. The molecule has 1 saturated heterocycles. The van der Waals surface area contributed by atoms with Gasteiger partial charge in [0.25, 0.3) is 0 Å². The fourth-order valence-electron chi connectivity index (χ4n) is 2.77. The lowest BCUT2D eigenvalue weighted by Crippen LogP contribution is -2.50. The van der Waals surface area contributed by atoms with E-state index in [1.807, 2.05) is 23.6 Å². The Bertz CT molecular complexity index is 863. The van der Waals surface area contributed by atoms with Gasteiger partial charge in [-0.05, 0) is 18.2 Å². The van der Waals surface area contributed by atoms with Crippen LogP contribution in [-0.2, 0) is 0 Å². The van der Waals surface area contributed by atoms with Crippen molar-refractivity contribution in [2.75, 3.05) is 36.4 Å². The number of rotatable bonds is 3. The molecule has 3 aromatic heterocycles. The normalized spacial score (nSPS) is 14.3. The van der Waals surface area contributed by atoms with Gasteiger partial charge in [-0.3, -0.25) is 10.3 Å². The Hall–Kier alpha value is -3.07. The molecule has 0 bridgehead atoms. The van der Waals surface area contributed by atoms with E-state index in [0.29, 0.717) is 18.2 Å². The Morgan fingerprint density at radius 1 is 1.04 bits per heavy atom. The van der Waals surface area contributed by atoms with E-state index < -0.39 is 0 Å². The van der Waals surface area contributed by atoms with Crippen molar-refractivity contribution in [2.24, 2.45) is 0 Å². The molecule has 1 aliphatic heterocycles. The summed E-state index contributed by atoms with van der Waals surface area (Å²) >= 11 is 1.42. The second-order valence-electron chi connectivity index (χ2n) is 5.75. The molecule has 3 aromatic rings. The zero-order chi connectivity index (χ0) is 17.8. The third kappa shape index (κ3) is 3.62. The minimum absolute atomic E-state index is 0.122. The van der Waals surface area contributed by atoms with Crippen LogP contribution in [0, 0.1) is 0 Å². The molecule has 26 heavy (non-hydrogen) atoms. The van der Waals surface area contributed by atoms with E-state index >= 15 is 0 Å². The molecule has 0 atom stereocenters. The van der Waals surface area contributed by atoms with E-state index in [9.17, 15) is 4.79 Å². The van der Waals surface area contributed by atoms with Gasteiger partial charge in [-0.2, -0.15) is 0 Å². The fraction of sp³-hybridized carbons (Fsp3) is 0.235. The molecule has 0 unspecified atom stereocenters. The number of anilines is 2. The van der Waals surface area contributed by atoms with E-state index in [2.05, 4.69) is 30.2 Å². The van der Waals surface area contributed by atoms with Crippen LogP contribution in [-0.4, -0.2) is 57.0 Å². The Morgan fingerprint density at radius 2 is 1.81 bits per heavy atom. The van der Waals surface area contributed by atoms with Crippen LogP contribution in [0.4, 0.5) is 15.7 Å². The third-order valence-corrected chi connectivity index (χ3v) is 4.91. The van der Waals surface area contributed by atoms with E-state index in [4.69, 9.17) is 0 Å². The molecule has 8 nitrogen and oxygen atoms in total. The maximum atomic E-state index is 12.5. The quantitative estimate of drug-likeness (QED) is 0.765. The van der Waals surface area contributed by atoms with Gasteiger partial charge in [-0.25, -0.2) is 19.7 Å². The molecule has 9 heteroatoms. The third-order valence-electron chi connectivity index (χ3n) is 4.15. The number of amides is 2. The number of thiazole rings is 1. The van der Waals surface area contributed by atoms with Crippen LogP contribution in [0.15, 0.2) is 48.5 Å². The summed E-state index contributed by atoms with van der Waals surface area (Å²) in [6, 6.07) is 5.55. The molecular weight excluding hydrogens is 350 g/mol. The van der Waals surface area contributed by atoms with Crippen LogP contribution < -0.4 is 10.2 Å². The first-order valence-electron chi connectivity index (χ1n) is 8.22. The minimum Gasteiger partial charge on any atom is -0.353 e. The van der Waals surface area contributed by atoms with Crippen LogP contribution in [0.25, 0.3) is 11.3 Å². The Balaban J connectivity index is 1.34. The molecule has 132 valence electrons. The zero-order valence-electron chi connectivity index (χ0n) is 13.9. The van der Waals surface area contributed by atoms with Gasteiger partial charge < -0.3 is 9.80 Å².